The minimum Gasteiger partial charge on any atom is -0.332 e. The molecule has 3 aromatic carbocycles. The first-order chi connectivity index (χ1) is 14.9. The Morgan fingerprint density at radius 2 is 1.35 bits per heavy atom. The molecule has 31 heavy (non-hydrogen) atoms. The van der Waals surface area contributed by atoms with Gasteiger partial charge in [0.05, 0.1) is 28.8 Å². The van der Waals surface area contributed by atoms with E-state index in [1.54, 1.807) is 10.9 Å². The van der Waals surface area contributed by atoms with Gasteiger partial charge >= 0.3 is 6.18 Å². The third-order valence-corrected chi connectivity index (χ3v) is 4.72. The maximum Gasteiger partial charge on any atom is 0.418 e. The summed E-state index contributed by atoms with van der Waals surface area (Å²) in [6.45, 7) is 0. The molecule has 0 saturated heterocycles. The van der Waals surface area contributed by atoms with Crippen LogP contribution in [0.1, 0.15) is 5.56 Å². The zero-order valence-electron chi connectivity index (χ0n) is 16.1. The van der Waals surface area contributed by atoms with Crippen molar-refractivity contribution in [2.24, 2.45) is 0 Å². The smallest absolute Gasteiger partial charge is 0.332 e. The van der Waals surface area contributed by atoms with E-state index in [1.165, 1.54) is 18.2 Å². The van der Waals surface area contributed by atoms with Gasteiger partial charge in [-0.3, -0.25) is 0 Å². The Labute approximate surface area is 182 Å². The average Bonchev–Trinajstić information content (AvgIpc) is 3.18. The Morgan fingerprint density at radius 1 is 0.774 bits per heavy atom. The van der Waals surface area contributed by atoms with E-state index in [-0.39, 0.29) is 10.8 Å². The number of alkyl halides is 3. The van der Waals surface area contributed by atoms with Gasteiger partial charge in [-0.25, -0.2) is 4.68 Å². The van der Waals surface area contributed by atoms with Crippen molar-refractivity contribution in [3.8, 4) is 16.9 Å². The van der Waals surface area contributed by atoms with Gasteiger partial charge in [-0.15, -0.1) is 0 Å². The van der Waals surface area contributed by atoms with Crippen molar-refractivity contribution >= 4 is 28.7 Å². The lowest BCUT2D eigenvalue weighted by Gasteiger charge is -2.15. The SMILES string of the molecule is FC(F)(F)c1ccccc1NC(=S)Nc1cn(-c2ccccc2)nc1-c1ccccc1. The first kappa shape index (κ1) is 20.6. The monoisotopic (exact) mass is 438 g/mol. The molecule has 0 saturated carbocycles. The molecule has 1 heterocycles. The van der Waals surface area contributed by atoms with Crippen molar-refractivity contribution in [1.82, 2.24) is 9.78 Å². The van der Waals surface area contributed by atoms with E-state index in [2.05, 4.69) is 15.7 Å². The fourth-order valence-electron chi connectivity index (χ4n) is 3.10. The second-order valence-electron chi connectivity index (χ2n) is 6.66. The number of benzene rings is 3. The molecular formula is C23H17F3N4S. The molecule has 0 spiro atoms. The van der Waals surface area contributed by atoms with Gasteiger partial charge in [0.1, 0.15) is 5.69 Å². The quantitative estimate of drug-likeness (QED) is 0.364. The van der Waals surface area contributed by atoms with Crippen molar-refractivity contribution < 1.29 is 13.2 Å². The number of thiocarbonyl (C=S) groups is 1. The standard InChI is InChI=1S/C23H17F3N4S/c24-23(25,26)18-13-7-8-14-19(18)27-22(31)28-20-15-30(17-11-5-2-6-12-17)29-21(20)16-9-3-1-4-10-16/h1-15H,(H2,27,28,31). The Hall–Kier alpha value is -3.65. The summed E-state index contributed by atoms with van der Waals surface area (Å²) in [5.41, 5.74) is 1.97. The lowest BCUT2D eigenvalue weighted by Crippen LogP contribution is -2.21. The van der Waals surface area contributed by atoms with E-state index in [9.17, 15) is 13.2 Å². The van der Waals surface area contributed by atoms with Gasteiger partial charge in [0.2, 0.25) is 0 Å². The summed E-state index contributed by atoms with van der Waals surface area (Å²) in [4.78, 5) is 0. The van der Waals surface area contributed by atoms with Gasteiger partial charge < -0.3 is 10.6 Å². The maximum absolute atomic E-state index is 13.3. The van der Waals surface area contributed by atoms with Crippen LogP contribution in [-0.2, 0) is 6.18 Å². The number of para-hydroxylation sites is 2. The van der Waals surface area contributed by atoms with Gasteiger partial charge in [-0.1, -0.05) is 60.7 Å². The molecule has 0 bridgehead atoms. The number of hydrogen-bond acceptors (Lipinski definition) is 2. The molecule has 1 aromatic heterocycles. The zero-order valence-corrected chi connectivity index (χ0v) is 16.9. The molecule has 0 radical (unpaired) electrons. The number of nitrogens with zero attached hydrogens (tertiary/aromatic N) is 2. The molecule has 156 valence electrons. The van der Waals surface area contributed by atoms with Crippen LogP contribution < -0.4 is 10.6 Å². The molecule has 0 aliphatic carbocycles. The Balaban J connectivity index is 1.65. The summed E-state index contributed by atoms with van der Waals surface area (Å²) >= 11 is 5.31. The predicted molar refractivity (Wildman–Crippen MR) is 120 cm³/mol. The molecule has 0 aliphatic rings. The van der Waals surface area contributed by atoms with Crippen LogP contribution in [0.15, 0.2) is 91.1 Å². The lowest BCUT2D eigenvalue weighted by atomic mass is 10.1. The highest BCUT2D eigenvalue weighted by atomic mass is 32.1. The normalized spacial score (nSPS) is 11.2. The number of halogens is 3. The van der Waals surface area contributed by atoms with Crippen molar-refractivity contribution in [3.63, 3.8) is 0 Å². The molecule has 0 aliphatic heterocycles. The minimum absolute atomic E-state index is 0.0292. The lowest BCUT2D eigenvalue weighted by molar-refractivity contribution is -0.136. The molecule has 8 heteroatoms. The van der Waals surface area contributed by atoms with Crippen LogP contribution in [0.25, 0.3) is 16.9 Å². The summed E-state index contributed by atoms with van der Waals surface area (Å²) in [5.74, 6) is 0. The maximum atomic E-state index is 13.3. The van der Waals surface area contributed by atoms with Crippen molar-refractivity contribution in [2.45, 2.75) is 6.18 Å². The Bertz CT molecular complexity index is 1190. The molecule has 2 N–H and O–H groups in total. The van der Waals surface area contributed by atoms with Crippen molar-refractivity contribution in [1.29, 1.82) is 0 Å². The van der Waals surface area contributed by atoms with E-state index in [4.69, 9.17) is 12.2 Å². The Morgan fingerprint density at radius 3 is 2.03 bits per heavy atom. The highest BCUT2D eigenvalue weighted by Crippen LogP contribution is 2.35. The number of nitrogens with one attached hydrogen (secondary N) is 2. The first-order valence-electron chi connectivity index (χ1n) is 9.36. The molecule has 4 nitrogen and oxygen atoms in total. The second-order valence-corrected chi connectivity index (χ2v) is 7.07. The zero-order chi connectivity index (χ0) is 21.8. The molecular weight excluding hydrogens is 421 g/mol. The van der Waals surface area contributed by atoms with Crippen LogP contribution in [-0.4, -0.2) is 14.9 Å². The fourth-order valence-corrected chi connectivity index (χ4v) is 3.32. The van der Waals surface area contributed by atoms with Gasteiger partial charge in [-0.05, 0) is 36.5 Å². The average molecular weight is 438 g/mol. The molecule has 0 atom stereocenters. The van der Waals surface area contributed by atoms with E-state index in [0.717, 1.165) is 17.3 Å². The predicted octanol–water partition coefficient (Wildman–Crippen LogP) is 6.37. The highest BCUT2D eigenvalue weighted by molar-refractivity contribution is 7.80. The molecule has 4 aromatic rings. The van der Waals surface area contributed by atoms with Gasteiger partial charge in [0, 0.05) is 5.56 Å². The van der Waals surface area contributed by atoms with Crippen molar-refractivity contribution in [2.75, 3.05) is 10.6 Å². The summed E-state index contributed by atoms with van der Waals surface area (Å²) < 4.78 is 41.5. The Kier molecular flexibility index (Phi) is 5.73. The topological polar surface area (TPSA) is 41.9 Å². The molecule has 0 fully saturated rings. The summed E-state index contributed by atoms with van der Waals surface area (Å²) in [6, 6.07) is 24.2. The van der Waals surface area contributed by atoms with Crippen LogP contribution in [0.3, 0.4) is 0 Å². The van der Waals surface area contributed by atoms with E-state index >= 15 is 0 Å². The van der Waals surface area contributed by atoms with Crippen molar-refractivity contribution in [3.05, 3.63) is 96.7 Å². The fraction of sp³-hybridized carbons (Fsp3) is 0.0435. The van der Waals surface area contributed by atoms with E-state index in [1.807, 2.05) is 60.7 Å². The third kappa shape index (κ3) is 4.75. The summed E-state index contributed by atoms with van der Waals surface area (Å²) in [5, 5.41) is 10.3. The van der Waals surface area contributed by atoms with Gasteiger partial charge in [-0.2, -0.15) is 18.3 Å². The van der Waals surface area contributed by atoms with E-state index < -0.39 is 11.7 Å². The largest absolute Gasteiger partial charge is 0.418 e. The van der Waals surface area contributed by atoms with Crippen LogP contribution in [0.4, 0.5) is 24.5 Å². The summed E-state index contributed by atoms with van der Waals surface area (Å²) in [7, 11) is 0. The second kappa shape index (κ2) is 8.61. The highest BCUT2D eigenvalue weighted by Gasteiger charge is 2.33. The molecule has 0 unspecified atom stereocenters. The van der Waals surface area contributed by atoms with E-state index in [0.29, 0.717) is 11.4 Å². The van der Waals surface area contributed by atoms with Crippen LogP contribution >= 0.6 is 12.2 Å². The molecule has 0 amide bonds. The minimum atomic E-state index is -4.49. The van der Waals surface area contributed by atoms with Gasteiger partial charge in [0.15, 0.2) is 5.11 Å². The number of hydrogen-bond donors (Lipinski definition) is 2. The first-order valence-corrected chi connectivity index (χ1v) is 9.77. The third-order valence-electron chi connectivity index (χ3n) is 4.51. The number of aromatic nitrogens is 2. The number of anilines is 2. The van der Waals surface area contributed by atoms with Crippen LogP contribution in [0.5, 0.6) is 0 Å². The van der Waals surface area contributed by atoms with Crippen LogP contribution in [0.2, 0.25) is 0 Å². The molecule has 4 rings (SSSR count). The van der Waals surface area contributed by atoms with Crippen LogP contribution in [0, 0.1) is 0 Å². The number of rotatable bonds is 4. The van der Waals surface area contributed by atoms with Gasteiger partial charge in [0.25, 0.3) is 0 Å². The summed E-state index contributed by atoms with van der Waals surface area (Å²) in [6.07, 6.45) is -2.74.